The largest absolute Gasteiger partial charge is 0.376 e. The van der Waals surface area contributed by atoms with E-state index in [0.717, 1.165) is 9.75 Å². The average Bonchev–Trinajstić information content (AvgIpc) is 2.53. The number of sulfonamides is 1. The van der Waals surface area contributed by atoms with Crippen molar-refractivity contribution in [2.24, 2.45) is 0 Å². The van der Waals surface area contributed by atoms with Crippen LogP contribution in [0.25, 0.3) is 0 Å². The fraction of sp³-hybridized carbons (Fsp3) is 0.636. The molecule has 0 aromatic carbocycles. The predicted octanol–water partition coefficient (Wildman–Crippen LogP) is 1.77. The van der Waals surface area contributed by atoms with Crippen molar-refractivity contribution in [3.8, 4) is 0 Å². The van der Waals surface area contributed by atoms with Crippen LogP contribution in [-0.4, -0.2) is 38.5 Å². The zero-order valence-corrected chi connectivity index (χ0v) is 12.1. The van der Waals surface area contributed by atoms with Gasteiger partial charge in [-0.2, -0.15) is 4.31 Å². The minimum atomic E-state index is -3.33. The van der Waals surface area contributed by atoms with Crippen molar-refractivity contribution in [1.29, 1.82) is 0 Å². The second-order valence-electron chi connectivity index (χ2n) is 4.70. The number of rotatable bonds is 3. The van der Waals surface area contributed by atoms with Gasteiger partial charge in [0.2, 0.25) is 10.0 Å². The zero-order chi connectivity index (χ0) is 12.8. The van der Waals surface area contributed by atoms with Crippen molar-refractivity contribution in [3.05, 3.63) is 15.8 Å². The molecule has 0 unspecified atom stereocenters. The highest BCUT2D eigenvalue weighted by Gasteiger charge is 2.46. The molecule has 0 aliphatic carbocycles. The van der Waals surface area contributed by atoms with Crippen LogP contribution in [0.15, 0.2) is 11.0 Å². The van der Waals surface area contributed by atoms with Crippen LogP contribution in [0.3, 0.4) is 0 Å². The first-order valence-electron chi connectivity index (χ1n) is 5.41. The van der Waals surface area contributed by atoms with Crippen LogP contribution in [0.5, 0.6) is 0 Å². The summed E-state index contributed by atoms with van der Waals surface area (Å²) in [4.78, 5) is 2.32. The van der Waals surface area contributed by atoms with E-state index in [-0.39, 0.29) is 5.60 Å². The van der Waals surface area contributed by atoms with E-state index in [1.807, 2.05) is 20.8 Å². The third kappa shape index (κ3) is 2.14. The van der Waals surface area contributed by atoms with Crippen molar-refractivity contribution in [3.63, 3.8) is 0 Å². The maximum Gasteiger partial charge on any atom is 0.244 e. The molecule has 0 bridgehead atoms. The Morgan fingerprint density at radius 1 is 1.41 bits per heavy atom. The second kappa shape index (κ2) is 4.05. The lowest BCUT2D eigenvalue weighted by molar-refractivity contribution is -0.0768. The van der Waals surface area contributed by atoms with Gasteiger partial charge < -0.3 is 4.74 Å². The van der Waals surface area contributed by atoms with Gasteiger partial charge in [-0.3, -0.25) is 0 Å². The summed E-state index contributed by atoms with van der Waals surface area (Å²) in [5.41, 5.74) is -0.327. The van der Waals surface area contributed by atoms with Gasteiger partial charge in [-0.25, -0.2) is 8.42 Å². The lowest BCUT2D eigenvalue weighted by Gasteiger charge is -2.45. The van der Waals surface area contributed by atoms with Crippen LogP contribution in [0.2, 0.25) is 0 Å². The summed E-state index contributed by atoms with van der Waals surface area (Å²) >= 11 is 1.52. The van der Waals surface area contributed by atoms with E-state index in [9.17, 15) is 8.42 Å². The quantitative estimate of drug-likeness (QED) is 0.844. The lowest BCUT2D eigenvalue weighted by Crippen LogP contribution is -2.62. The topological polar surface area (TPSA) is 46.6 Å². The number of thiophene rings is 1. The Labute approximate surface area is 106 Å². The van der Waals surface area contributed by atoms with Gasteiger partial charge in [0.25, 0.3) is 0 Å². The number of nitrogens with zero attached hydrogens (tertiary/aromatic N) is 1. The van der Waals surface area contributed by atoms with E-state index in [0.29, 0.717) is 18.0 Å². The van der Waals surface area contributed by atoms with Crippen molar-refractivity contribution in [2.45, 2.75) is 31.3 Å². The molecule has 1 saturated heterocycles. The number of aryl methyl sites for hydroxylation is 2. The van der Waals surface area contributed by atoms with Gasteiger partial charge in [-0.15, -0.1) is 11.3 Å². The highest BCUT2D eigenvalue weighted by atomic mass is 32.2. The molecule has 6 heteroatoms. The smallest absolute Gasteiger partial charge is 0.244 e. The minimum Gasteiger partial charge on any atom is -0.376 e. The molecule has 4 nitrogen and oxygen atoms in total. The first-order valence-corrected chi connectivity index (χ1v) is 7.66. The van der Waals surface area contributed by atoms with E-state index in [2.05, 4.69) is 0 Å². The number of hydrogen-bond donors (Lipinski definition) is 0. The van der Waals surface area contributed by atoms with Crippen LogP contribution in [-0.2, 0) is 14.8 Å². The fourth-order valence-electron chi connectivity index (χ4n) is 2.00. The summed E-state index contributed by atoms with van der Waals surface area (Å²) in [6.07, 6.45) is 0. The van der Waals surface area contributed by atoms with E-state index < -0.39 is 10.0 Å². The van der Waals surface area contributed by atoms with Gasteiger partial charge in [0, 0.05) is 30.0 Å². The molecule has 96 valence electrons. The molecule has 17 heavy (non-hydrogen) atoms. The first kappa shape index (κ1) is 13.0. The number of methoxy groups -OCH3 is 1. The van der Waals surface area contributed by atoms with Crippen LogP contribution < -0.4 is 0 Å². The van der Waals surface area contributed by atoms with Crippen molar-refractivity contribution >= 4 is 21.4 Å². The fourth-order valence-corrected chi connectivity index (χ4v) is 5.19. The van der Waals surface area contributed by atoms with Crippen LogP contribution in [0.4, 0.5) is 0 Å². The maximum atomic E-state index is 12.3. The molecular formula is C11H17NO3S2. The second-order valence-corrected chi connectivity index (χ2v) is 8.07. The third-order valence-corrected chi connectivity index (χ3v) is 6.14. The SMILES string of the molecule is COC1(C)CN(S(=O)(=O)c2cc(C)sc2C)C1. The molecule has 1 aliphatic heterocycles. The summed E-state index contributed by atoms with van der Waals surface area (Å²) in [7, 11) is -1.71. The zero-order valence-electron chi connectivity index (χ0n) is 10.5. The molecule has 0 saturated carbocycles. The van der Waals surface area contributed by atoms with Crippen molar-refractivity contribution < 1.29 is 13.2 Å². The van der Waals surface area contributed by atoms with Crippen LogP contribution >= 0.6 is 11.3 Å². The number of hydrogen-bond acceptors (Lipinski definition) is 4. The lowest BCUT2D eigenvalue weighted by atomic mass is 10.0. The van der Waals surface area contributed by atoms with Crippen molar-refractivity contribution in [1.82, 2.24) is 4.31 Å². The molecule has 0 atom stereocenters. The summed E-state index contributed by atoms with van der Waals surface area (Å²) in [6, 6.07) is 1.75. The normalized spacial score (nSPS) is 20.2. The molecule has 2 rings (SSSR count). The van der Waals surface area contributed by atoms with E-state index in [4.69, 9.17) is 4.74 Å². The molecule has 0 spiro atoms. The first-order chi connectivity index (χ1) is 7.78. The molecule has 1 aromatic heterocycles. The molecule has 1 aliphatic rings. The Bertz CT molecular complexity index is 527. The van der Waals surface area contributed by atoms with Gasteiger partial charge >= 0.3 is 0 Å². The van der Waals surface area contributed by atoms with Gasteiger partial charge in [0.15, 0.2) is 0 Å². The van der Waals surface area contributed by atoms with Crippen LogP contribution in [0.1, 0.15) is 16.7 Å². The van der Waals surface area contributed by atoms with Gasteiger partial charge in [-0.05, 0) is 26.8 Å². The molecule has 2 heterocycles. The molecule has 1 fully saturated rings. The summed E-state index contributed by atoms with van der Waals surface area (Å²) in [5, 5.41) is 0. The molecule has 0 N–H and O–H groups in total. The summed E-state index contributed by atoms with van der Waals surface area (Å²) in [5.74, 6) is 0. The molecular weight excluding hydrogens is 258 g/mol. The minimum absolute atomic E-state index is 0.327. The summed E-state index contributed by atoms with van der Waals surface area (Å²) < 4.78 is 31.4. The predicted molar refractivity (Wildman–Crippen MR) is 68.0 cm³/mol. The van der Waals surface area contributed by atoms with Crippen molar-refractivity contribution in [2.75, 3.05) is 20.2 Å². The van der Waals surface area contributed by atoms with E-state index in [1.54, 1.807) is 13.2 Å². The molecule has 0 radical (unpaired) electrons. The Hall–Kier alpha value is -0.430. The monoisotopic (exact) mass is 275 g/mol. The Kier molecular flexibility index (Phi) is 3.10. The molecule has 0 amide bonds. The van der Waals surface area contributed by atoms with Crippen LogP contribution in [0, 0.1) is 13.8 Å². The Morgan fingerprint density at radius 2 is 2.00 bits per heavy atom. The average molecular weight is 275 g/mol. The number of ether oxygens (including phenoxy) is 1. The van der Waals surface area contributed by atoms with Gasteiger partial charge in [0.05, 0.1) is 10.5 Å². The third-order valence-electron chi connectivity index (χ3n) is 3.13. The standard InChI is InChI=1S/C11H17NO3S2/c1-8-5-10(9(2)16-8)17(13,14)12-6-11(3,7-12)15-4/h5H,6-7H2,1-4H3. The van der Waals surface area contributed by atoms with Gasteiger partial charge in [-0.1, -0.05) is 0 Å². The van der Waals surface area contributed by atoms with E-state index >= 15 is 0 Å². The Morgan fingerprint density at radius 3 is 2.41 bits per heavy atom. The maximum absolute atomic E-state index is 12.3. The highest BCUT2D eigenvalue weighted by Crippen LogP contribution is 2.33. The van der Waals surface area contributed by atoms with Gasteiger partial charge in [0.1, 0.15) is 0 Å². The molecule has 1 aromatic rings. The summed E-state index contributed by atoms with van der Waals surface area (Å²) in [6.45, 7) is 6.55. The van der Waals surface area contributed by atoms with E-state index in [1.165, 1.54) is 15.6 Å². The Balaban J connectivity index is 2.25. The highest BCUT2D eigenvalue weighted by molar-refractivity contribution is 7.89.